The Bertz CT molecular complexity index is 659. The number of nitrogens with one attached hydrogen (secondary N) is 1. The zero-order valence-electron chi connectivity index (χ0n) is 10.7. The molecule has 0 atom stereocenters. The largest absolute Gasteiger partial charge is 0.508 e. The molecule has 2 aromatic rings. The summed E-state index contributed by atoms with van der Waals surface area (Å²) in [6.45, 7) is 1.85. The van der Waals surface area contributed by atoms with Gasteiger partial charge in [0.1, 0.15) is 11.5 Å². The van der Waals surface area contributed by atoms with Crippen LogP contribution in [0.5, 0.6) is 5.75 Å². The number of carbonyl (C=O) groups is 2. The van der Waals surface area contributed by atoms with Crippen LogP contribution in [-0.4, -0.2) is 22.1 Å². The second-order valence-corrected chi connectivity index (χ2v) is 4.10. The van der Waals surface area contributed by atoms with E-state index in [0.29, 0.717) is 17.7 Å². The Kier molecular flexibility index (Phi) is 3.74. The Balaban J connectivity index is 2.31. The number of phenols is 1. The van der Waals surface area contributed by atoms with E-state index >= 15 is 0 Å². The summed E-state index contributed by atoms with van der Waals surface area (Å²) < 4.78 is 5.15. The number of aromatic hydroxyl groups is 1. The molecule has 0 aliphatic rings. The molecule has 0 radical (unpaired) electrons. The smallest absolute Gasteiger partial charge is 0.337 e. The number of carboxylic acid groups (broad SMARTS) is 1. The van der Waals surface area contributed by atoms with Crippen LogP contribution in [0.4, 0.5) is 5.69 Å². The van der Waals surface area contributed by atoms with E-state index in [0.717, 1.165) is 6.07 Å². The third-order valence-corrected chi connectivity index (χ3v) is 2.79. The van der Waals surface area contributed by atoms with E-state index < -0.39 is 11.9 Å². The Morgan fingerprint density at radius 3 is 2.65 bits per heavy atom. The van der Waals surface area contributed by atoms with E-state index in [4.69, 9.17) is 9.52 Å². The number of hydrogen-bond acceptors (Lipinski definition) is 4. The Labute approximate surface area is 114 Å². The van der Waals surface area contributed by atoms with Crippen molar-refractivity contribution in [3.05, 3.63) is 47.4 Å². The maximum Gasteiger partial charge on any atom is 0.337 e. The zero-order valence-corrected chi connectivity index (χ0v) is 10.7. The lowest BCUT2D eigenvalue weighted by atomic mass is 10.1. The van der Waals surface area contributed by atoms with Crippen LogP contribution in [0.2, 0.25) is 0 Å². The van der Waals surface area contributed by atoms with Gasteiger partial charge in [0.25, 0.3) is 5.91 Å². The summed E-state index contributed by atoms with van der Waals surface area (Å²) in [7, 11) is 0. The van der Waals surface area contributed by atoms with Gasteiger partial charge in [-0.25, -0.2) is 4.79 Å². The van der Waals surface area contributed by atoms with Crippen molar-refractivity contribution in [2.45, 2.75) is 13.3 Å². The highest BCUT2D eigenvalue weighted by molar-refractivity contribution is 6.08. The van der Waals surface area contributed by atoms with Gasteiger partial charge < -0.3 is 19.9 Å². The first kappa shape index (κ1) is 13.7. The second kappa shape index (κ2) is 5.48. The number of anilines is 1. The van der Waals surface area contributed by atoms with Gasteiger partial charge in [0, 0.05) is 6.42 Å². The number of aromatic carboxylic acids is 1. The summed E-state index contributed by atoms with van der Waals surface area (Å²) in [4.78, 5) is 23.2. The van der Waals surface area contributed by atoms with E-state index in [9.17, 15) is 14.7 Å². The zero-order chi connectivity index (χ0) is 14.7. The van der Waals surface area contributed by atoms with Gasteiger partial charge in [-0.05, 0) is 24.3 Å². The molecule has 1 heterocycles. The number of carbonyl (C=O) groups excluding carboxylic acids is 1. The number of furan rings is 1. The number of hydrogen-bond donors (Lipinski definition) is 3. The molecule has 0 bridgehead atoms. The average molecular weight is 275 g/mol. The average Bonchev–Trinajstić information content (AvgIpc) is 2.89. The molecule has 3 N–H and O–H groups in total. The fourth-order valence-electron chi connectivity index (χ4n) is 1.82. The molecule has 1 amide bonds. The molecule has 0 aliphatic heterocycles. The molecule has 0 spiro atoms. The first-order valence-corrected chi connectivity index (χ1v) is 5.97. The van der Waals surface area contributed by atoms with Gasteiger partial charge in [0.15, 0.2) is 0 Å². The van der Waals surface area contributed by atoms with E-state index in [1.165, 1.54) is 24.5 Å². The molecule has 0 saturated heterocycles. The molecule has 0 fully saturated rings. The minimum absolute atomic E-state index is 0.114. The van der Waals surface area contributed by atoms with Crippen LogP contribution in [0.1, 0.15) is 33.4 Å². The van der Waals surface area contributed by atoms with Crippen LogP contribution in [-0.2, 0) is 6.42 Å². The van der Waals surface area contributed by atoms with Crippen molar-refractivity contribution >= 4 is 17.6 Å². The van der Waals surface area contributed by atoms with Gasteiger partial charge in [0.2, 0.25) is 0 Å². The van der Waals surface area contributed by atoms with E-state index in [1.54, 1.807) is 0 Å². The van der Waals surface area contributed by atoms with Gasteiger partial charge in [-0.3, -0.25) is 4.79 Å². The molecular weight excluding hydrogens is 262 g/mol. The summed E-state index contributed by atoms with van der Waals surface area (Å²) >= 11 is 0. The molecule has 0 saturated carbocycles. The Morgan fingerprint density at radius 2 is 2.00 bits per heavy atom. The van der Waals surface area contributed by atoms with Crippen LogP contribution in [0.25, 0.3) is 0 Å². The summed E-state index contributed by atoms with van der Waals surface area (Å²) in [5.41, 5.74) is 0.292. The summed E-state index contributed by atoms with van der Waals surface area (Å²) in [5.74, 6) is -1.35. The number of phenolic OH excluding ortho intramolecular Hbond substituents is 1. The second-order valence-electron chi connectivity index (χ2n) is 4.10. The van der Waals surface area contributed by atoms with Gasteiger partial charge in [0.05, 0.1) is 23.1 Å². The lowest BCUT2D eigenvalue weighted by molar-refractivity contribution is 0.0697. The summed E-state index contributed by atoms with van der Waals surface area (Å²) in [5, 5.41) is 20.9. The third kappa shape index (κ3) is 2.64. The predicted molar refractivity (Wildman–Crippen MR) is 71.1 cm³/mol. The van der Waals surface area contributed by atoms with E-state index in [1.807, 2.05) is 6.92 Å². The number of rotatable bonds is 4. The Morgan fingerprint density at radius 1 is 1.25 bits per heavy atom. The minimum atomic E-state index is -1.24. The lowest BCUT2D eigenvalue weighted by Gasteiger charge is -2.08. The number of carboxylic acids is 1. The topological polar surface area (TPSA) is 99.8 Å². The van der Waals surface area contributed by atoms with Crippen LogP contribution in [0.15, 0.2) is 34.9 Å². The molecule has 6 heteroatoms. The van der Waals surface area contributed by atoms with Crippen LogP contribution in [0, 0.1) is 0 Å². The monoisotopic (exact) mass is 275 g/mol. The molecule has 104 valence electrons. The SMILES string of the molecule is CCc1occc1C(=O)Nc1ccc(O)cc1C(=O)O. The highest BCUT2D eigenvalue weighted by Crippen LogP contribution is 2.22. The van der Waals surface area contributed by atoms with Crippen LogP contribution in [0.3, 0.4) is 0 Å². The first-order chi connectivity index (χ1) is 9.52. The van der Waals surface area contributed by atoms with Gasteiger partial charge in [-0.2, -0.15) is 0 Å². The van der Waals surface area contributed by atoms with Crippen LogP contribution < -0.4 is 5.32 Å². The molecule has 0 aliphatic carbocycles. The normalized spacial score (nSPS) is 10.2. The summed E-state index contributed by atoms with van der Waals surface area (Å²) in [6.07, 6.45) is 1.96. The minimum Gasteiger partial charge on any atom is -0.508 e. The fourth-order valence-corrected chi connectivity index (χ4v) is 1.82. The molecule has 6 nitrogen and oxygen atoms in total. The van der Waals surface area contributed by atoms with Gasteiger partial charge in [-0.15, -0.1) is 0 Å². The van der Waals surface area contributed by atoms with Gasteiger partial charge >= 0.3 is 5.97 Å². The first-order valence-electron chi connectivity index (χ1n) is 5.97. The maximum atomic E-state index is 12.1. The molecule has 1 aromatic carbocycles. The molecule has 0 unspecified atom stereocenters. The number of benzene rings is 1. The molecule has 20 heavy (non-hydrogen) atoms. The van der Waals surface area contributed by atoms with Crippen molar-refractivity contribution in [1.82, 2.24) is 0 Å². The van der Waals surface area contributed by atoms with Crippen molar-refractivity contribution in [3.63, 3.8) is 0 Å². The molecule has 1 aromatic heterocycles. The quantitative estimate of drug-likeness (QED) is 0.744. The van der Waals surface area contributed by atoms with E-state index in [2.05, 4.69) is 5.32 Å². The van der Waals surface area contributed by atoms with Gasteiger partial charge in [-0.1, -0.05) is 6.92 Å². The maximum absolute atomic E-state index is 12.1. The van der Waals surface area contributed by atoms with E-state index in [-0.39, 0.29) is 17.0 Å². The lowest BCUT2D eigenvalue weighted by Crippen LogP contribution is -2.15. The third-order valence-electron chi connectivity index (χ3n) is 2.79. The van der Waals surface area contributed by atoms with Crippen molar-refractivity contribution in [2.24, 2.45) is 0 Å². The van der Waals surface area contributed by atoms with Crippen molar-refractivity contribution in [2.75, 3.05) is 5.32 Å². The highest BCUT2D eigenvalue weighted by Gasteiger charge is 2.17. The number of aryl methyl sites for hydroxylation is 1. The van der Waals surface area contributed by atoms with Crippen LogP contribution >= 0.6 is 0 Å². The number of amides is 1. The summed E-state index contributed by atoms with van der Waals surface area (Å²) in [6, 6.07) is 5.24. The fraction of sp³-hybridized carbons (Fsp3) is 0.143. The standard InChI is InChI=1S/C14H13NO5/c1-2-12-9(5-6-20-12)13(17)15-11-4-3-8(16)7-10(11)14(18)19/h3-7,16H,2H2,1H3,(H,15,17)(H,18,19). The highest BCUT2D eigenvalue weighted by atomic mass is 16.4. The van der Waals surface area contributed by atoms with Crippen molar-refractivity contribution < 1.29 is 24.2 Å². The van der Waals surface area contributed by atoms with Crippen molar-refractivity contribution in [3.8, 4) is 5.75 Å². The van der Waals surface area contributed by atoms with Crippen molar-refractivity contribution in [1.29, 1.82) is 0 Å². The predicted octanol–water partition coefficient (Wildman–Crippen LogP) is 2.50. The Hall–Kier alpha value is -2.76. The molecular formula is C14H13NO5. The molecule has 2 rings (SSSR count).